The highest BCUT2D eigenvalue weighted by Gasteiger charge is 2.38. The van der Waals surface area contributed by atoms with E-state index in [9.17, 15) is 5.11 Å². The molecule has 0 aliphatic heterocycles. The van der Waals surface area contributed by atoms with Gasteiger partial charge in [-0.25, -0.2) is 0 Å². The fraction of sp³-hybridized carbons (Fsp3) is 1.00. The molecule has 4 nitrogen and oxygen atoms in total. The number of hydrogen-bond donors (Lipinski definition) is 4. The molecule has 21 heavy (non-hydrogen) atoms. The van der Waals surface area contributed by atoms with Crippen LogP contribution < -0.4 is 10.6 Å². The van der Waals surface area contributed by atoms with Crippen molar-refractivity contribution in [2.24, 2.45) is 5.41 Å². The molecule has 0 aliphatic carbocycles. The third kappa shape index (κ3) is 7.84. The van der Waals surface area contributed by atoms with Crippen molar-refractivity contribution < 1.29 is 9.84 Å². The number of methoxy groups -OCH3 is 1. The lowest BCUT2D eigenvalue weighted by molar-refractivity contribution is -0.0898. The largest absolute Gasteiger partial charge is 0.383 e. The molecule has 3 unspecified atom stereocenters. The number of aliphatic hydroxyl groups is 1. The highest BCUT2D eigenvalue weighted by Crippen LogP contribution is 2.31. The zero-order valence-electron chi connectivity index (χ0n) is 14.7. The molecular formula is C16H36N2O2S. The van der Waals surface area contributed by atoms with Gasteiger partial charge in [0.05, 0.1) is 6.61 Å². The summed E-state index contributed by atoms with van der Waals surface area (Å²) in [4.78, 5) is 0. The zero-order chi connectivity index (χ0) is 16.5. The van der Waals surface area contributed by atoms with E-state index in [2.05, 4.69) is 51.0 Å². The molecule has 0 aliphatic rings. The predicted octanol–water partition coefficient (Wildman–Crippen LogP) is 2.42. The monoisotopic (exact) mass is 320 g/mol. The molecule has 0 aromatic carbocycles. The van der Waals surface area contributed by atoms with Crippen molar-refractivity contribution in [1.82, 2.24) is 10.6 Å². The van der Waals surface area contributed by atoms with E-state index in [1.54, 1.807) is 7.11 Å². The summed E-state index contributed by atoms with van der Waals surface area (Å²) in [6.45, 7) is 9.06. The summed E-state index contributed by atoms with van der Waals surface area (Å²) in [5.41, 5.74) is -1.04. The van der Waals surface area contributed by atoms with Crippen LogP contribution >= 0.6 is 12.6 Å². The first-order valence-electron chi connectivity index (χ1n) is 7.97. The topological polar surface area (TPSA) is 53.5 Å². The van der Waals surface area contributed by atoms with E-state index in [4.69, 9.17) is 4.74 Å². The van der Waals surface area contributed by atoms with Crippen molar-refractivity contribution >= 4 is 12.6 Å². The average Bonchev–Trinajstić information content (AvgIpc) is 2.41. The first-order valence-corrected chi connectivity index (χ1v) is 8.60. The quantitative estimate of drug-likeness (QED) is 0.349. The summed E-state index contributed by atoms with van der Waals surface area (Å²) in [5, 5.41) is 17.4. The molecule has 0 fully saturated rings. The van der Waals surface area contributed by atoms with Gasteiger partial charge in [0.2, 0.25) is 0 Å². The van der Waals surface area contributed by atoms with Crippen LogP contribution in [-0.2, 0) is 4.74 Å². The molecule has 0 radical (unpaired) electrons. The second-order valence-electron chi connectivity index (χ2n) is 6.98. The standard InChI is InChI=1S/C16H36N2O2S/c1-13(18-14(12-20-6)8-7-11-21)9-10-16(19,17-5)15(2,3)4/h13-14,17-19,21H,7-12H2,1-6H3. The maximum atomic E-state index is 10.7. The number of nitrogens with one attached hydrogen (secondary N) is 2. The predicted molar refractivity (Wildman–Crippen MR) is 94.0 cm³/mol. The van der Waals surface area contributed by atoms with Crippen molar-refractivity contribution in [2.45, 2.75) is 71.2 Å². The lowest BCUT2D eigenvalue weighted by Gasteiger charge is -2.41. The second kappa shape index (κ2) is 10.1. The first-order chi connectivity index (χ1) is 9.70. The molecule has 0 heterocycles. The average molecular weight is 321 g/mol. The van der Waals surface area contributed by atoms with Gasteiger partial charge in [-0.05, 0) is 45.4 Å². The van der Waals surface area contributed by atoms with Gasteiger partial charge in [-0.1, -0.05) is 20.8 Å². The number of ether oxygens (including phenoxy) is 1. The lowest BCUT2D eigenvalue weighted by atomic mass is 9.79. The van der Waals surface area contributed by atoms with E-state index in [1.807, 2.05) is 7.05 Å². The van der Waals surface area contributed by atoms with Crippen molar-refractivity contribution in [3.05, 3.63) is 0 Å². The minimum atomic E-state index is -0.842. The van der Waals surface area contributed by atoms with Crippen LogP contribution in [0.4, 0.5) is 0 Å². The summed E-state index contributed by atoms with van der Waals surface area (Å²) in [6.07, 6.45) is 3.78. The Morgan fingerprint density at radius 3 is 2.29 bits per heavy atom. The molecule has 0 saturated carbocycles. The number of rotatable bonds is 11. The Balaban J connectivity index is 4.36. The molecule has 128 valence electrons. The van der Waals surface area contributed by atoms with Crippen LogP contribution in [0.25, 0.3) is 0 Å². The number of hydrogen-bond acceptors (Lipinski definition) is 5. The Labute approximate surface area is 136 Å². The molecule has 5 heteroatoms. The van der Waals surface area contributed by atoms with E-state index in [1.165, 1.54) is 0 Å². The normalized spacial score (nSPS) is 18.3. The fourth-order valence-corrected chi connectivity index (χ4v) is 2.72. The minimum Gasteiger partial charge on any atom is -0.383 e. The smallest absolute Gasteiger partial charge is 0.120 e. The summed E-state index contributed by atoms with van der Waals surface area (Å²) in [6, 6.07) is 0.696. The van der Waals surface area contributed by atoms with E-state index < -0.39 is 5.72 Å². The van der Waals surface area contributed by atoms with E-state index in [0.717, 1.165) is 25.0 Å². The Bertz CT molecular complexity index is 271. The van der Waals surface area contributed by atoms with Gasteiger partial charge in [-0.2, -0.15) is 12.6 Å². The van der Waals surface area contributed by atoms with Gasteiger partial charge in [-0.15, -0.1) is 0 Å². The van der Waals surface area contributed by atoms with Gasteiger partial charge in [0.15, 0.2) is 0 Å². The molecule has 0 bridgehead atoms. The lowest BCUT2D eigenvalue weighted by Crippen LogP contribution is -2.54. The van der Waals surface area contributed by atoms with E-state index in [-0.39, 0.29) is 5.41 Å². The van der Waals surface area contributed by atoms with Crippen LogP contribution in [0.3, 0.4) is 0 Å². The maximum Gasteiger partial charge on any atom is 0.120 e. The summed E-state index contributed by atoms with van der Waals surface area (Å²) >= 11 is 4.27. The molecule has 0 aromatic rings. The van der Waals surface area contributed by atoms with Crippen molar-refractivity contribution in [3.63, 3.8) is 0 Å². The van der Waals surface area contributed by atoms with Crippen LogP contribution in [-0.4, -0.2) is 49.4 Å². The highest BCUT2D eigenvalue weighted by atomic mass is 32.1. The summed E-state index contributed by atoms with van der Waals surface area (Å²) < 4.78 is 5.27. The van der Waals surface area contributed by atoms with Crippen molar-refractivity contribution in [1.29, 1.82) is 0 Å². The molecule has 0 rings (SSSR count). The van der Waals surface area contributed by atoms with Crippen LogP contribution in [0.2, 0.25) is 0 Å². The van der Waals surface area contributed by atoms with Gasteiger partial charge >= 0.3 is 0 Å². The summed E-state index contributed by atoms with van der Waals surface area (Å²) in [5.74, 6) is 0.903. The minimum absolute atomic E-state index is 0.195. The van der Waals surface area contributed by atoms with E-state index in [0.29, 0.717) is 25.1 Å². The highest BCUT2D eigenvalue weighted by molar-refractivity contribution is 7.80. The fourth-order valence-electron chi connectivity index (χ4n) is 2.54. The van der Waals surface area contributed by atoms with Crippen molar-refractivity contribution in [2.75, 3.05) is 26.5 Å². The van der Waals surface area contributed by atoms with Gasteiger partial charge in [0, 0.05) is 24.6 Å². The number of thiol groups is 1. The maximum absolute atomic E-state index is 10.7. The van der Waals surface area contributed by atoms with Crippen LogP contribution in [0.1, 0.15) is 53.4 Å². The van der Waals surface area contributed by atoms with Gasteiger partial charge < -0.3 is 15.2 Å². The molecule has 0 saturated heterocycles. The molecule has 0 aromatic heterocycles. The Kier molecular flexibility index (Phi) is 10.1. The Morgan fingerprint density at radius 1 is 1.24 bits per heavy atom. The third-order valence-corrected chi connectivity index (χ3v) is 4.51. The summed E-state index contributed by atoms with van der Waals surface area (Å²) in [7, 11) is 3.56. The molecule has 0 amide bonds. The molecule has 3 atom stereocenters. The van der Waals surface area contributed by atoms with E-state index >= 15 is 0 Å². The first kappa shape index (κ1) is 21.2. The molecule has 0 spiro atoms. The molecular weight excluding hydrogens is 284 g/mol. The van der Waals surface area contributed by atoms with Crippen LogP contribution in [0.5, 0.6) is 0 Å². The molecule has 3 N–H and O–H groups in total. The van der Waals surface area contributed by atoms with Crippen LogP contribution in [0.15, 0.2) is 0 Å². The third-order valence-electron chi connectivity index (χ3n) is 4.19. The van der Waals surface area contributed by atoms with Gasteiger partial charge in [0.25, 0.3) is 0 Å². The SMILES string of the molecule is CNC(O)(CCC(C)NC(CCCS)COC)C(C)(C)C. The zero-order valence-corrected chi connectivity index (χ0v) is 15.6. The Hall–Kier alpha value is 0.190. The van der Waals surface area contributed by atoms with Crippen molar-refractivity contribution in [3.8, 4) is 0 Å². The van der Waals surface area contributed by atoms with Gasteiger partial charge in [-0.3, -0.25) is 5.32 Å². The Morgan fingerprint density at radius 2 is 1.86 bits per heavy atom. The second-order valence-corrected chi connectivity index (χ2v) is 7.43. The van der Waals surface area contributed by atoms with Gasteiger partial charge in [0.1, 0.15) is 5.72 Å². The van der Waals surface area contributed by atoms with Crippen LogP contribution in [0, 0.1) is 5.41 Å².